The number of aryl methyl sites for hydroxylation is 1. The maximum atomic E-state index is 4.70. The lowest BCUT2D eigenvalue weighted by atomic mass is 10.2. The molecule has 0 aliphatic carbocycles. The van der Waals surface area contributed by atoms with Gasteiger partial charge in [0.2, 0.25) is 0 Å². The zero-order valence-corrected chi connectivity index (χ0v) is 16.6. The van der Waals surface area contributed by atoms with Crippen LogP contribution in [0.4, 0.5) is 0 Å². The van der Waals surface area contributed by atoms with Crippen LogP contribution in [0.2, 0.25) is 0 Å². The quantitative estimate of drug-likeness (QED) is 0.404. The van der Waals surface area contributed by atoms with Gasteiger partial charge in [-0.1, -0.05) is 36.4 Å². The highest BCUT2D eigenvalue weighted by molar-refractivity contribution is 7.15. The van der Waals surface area contributed by atoms with Gasteiger partial charge in [0.1, 0.15) is 5.01 Å². The highest BCUT2D eigenvalue weighted by Gasteiger charge is 2.10. The van der Waals surface area contributed by atoms with Crippen LogP contribution in [0, 0.1) is 6.92 Å². The van der Waals surface area contributed by atoms with E-state index in [1.807, 2.05) is 53.9 Å². The van der Waals surface area contributed by atoms with Crippen LogP contribution < -0.4 is 10.6 Å². The van der Waals surface area contributed by atoms with E-state index in [1.54, 1.807) is 18.4 Å². The number of guanidine groups is 1. The van der Waals surface area contributed by atoms with Crippen LogP contribution in [0.5, 0.6) is 0 Å². The Morgan fingerprint density at radius 1 is 1.04 bits per heavy atom. The summed E-state index contributed by atoms with van der Waals surface area (Å²) in [5.74, 6) is 1.54. The second-order valence-corrected chi connectivity index (χ2v) is 7.30. The van der Waals surface area contributed by atoms with Crippen molar-refractivity contribution in [2.45, 2.75) is 20.0 Å². The fourth-order valence-corrected chi connectivity index (χ4v) is 3.86. The van der Waals surface area contributed by atoms with Gasteiger partial charge in [0, 0.05) is 23.7 Å². The van der Waals surface area contributed by atoms with Crippen molar-refractivity contribution in [3.8, 4) is 10.6 Å². The molecule has 3 aromatic heterocycles. The maximum absolute atomic E-state index is 4.70. The first-order chi connectivity index (χ1) is 13.7. The van der Waals surface area contributed by atoms with Crippen LogP contribution in [-0.4, -0.2) is 32.6 Å². The summed E-state index contributed by atoms with van der Waals surface area (Å²) in [5, 5.41) is 16.1. The van der Waals surface area contributed by atoms with Crippen molar-refractivity contribution in [2.75, 3.05) is 7.05 Å². The Balaban J connectivity index is 1.39. The molecule has 0 aliphatic rings. The Labute approximate surface area is 167 Å². The minimum absolute atomic E-state index is 0.530. The van der Waals surface area contributed by atoms with Gasteiger partial charge in [0.15, 0.2) is 17.4 Å². The topological polar surface area (TPSA) is 79.5 Å². The first-order valence-electron chi connectivity index (χ1n) is 8.99. The number of nitrogens with one attached hydrogen (secondary N) is 2. The molecule has 0 aliphatic heterocycles. The molecule has 0 unspecified atom stereocenters. The Bertz CT molecular complexity index is 1100. The number of hydrogen-bond acceptors (Lipinski definition) is 5. The number of fused-ring (bicyclic) bond motifs is 1. The van der Waals surface area contributed by atoms with Gasteiger partial charge in [-0.3, -0.25) is 9.39 Å². The summed E-state index contributed by atoms with van der Waals surface area (Å²) in [6, 6.07) is 16.1. The standard InChI is InChI=1S/C20H21N7S/c1-14-16(28-19(24-14)15-8-4-3-5-9-15)12-22-20(21-2)23-13-18-26-25-17-10-6-7-11-27(17)18/h3-11H,12-13H2,1-2H3,(H2,21,22,23). The van der Waals surface area contributed by atoms with E-state index in [9.17, 15) is 0 Å². The van der Waals surface area contributed by atoms with Gasteiger partial charge in [-0.2, -0.15) is 0 Å². The molecule has 4 aromatic rings. The average molecular weight is 392 g/mol. The summed E-state index contributed by atoms with van der Waals surface area (Å²) < 4.78 is 1.96. The smallest absolute Gasteiger partial charge is 0.191 e. The van der Waals surface area contributed by atoms with E-state index in [4.69, 9.17) is 4.98 Å². The van der Waals surface area contributed by atoms with Crippen LogP contribution >= 0.6 is 11.3 Å². The van der Waals surface area contributed by atoms with Crippen molar-refractivity contribution in [1.29, 1.82) is 0 Å². The third-order valence-electron chi connectivity index (χ3n) is 4.35. The predicted molar refractivity (Wildman–Crippen MR) is 112 cm³/mol. The van der Waals surface area contributed by atoms with Crippen LogP contribution in [-0.2, 0) is 13.1 Å². The van der Waals surface area contributed by atoms with Crippen molar-refractivity contribution in [2.24, 2.45) is 4.99 Å². The molecule has 0 spiro atoms. The number of pyridine rings is 1. The van der Waals surface area contributed by atoms with Crippen molar-refractivity contribution < 1.29 is 0 Å². The van der Waals surface area contributed by atoms with E-state index in [1.165, 1.54) is 4.88 Å². The van der Waals surface area contributed by atoms with Gasteiger partial charge in [-0.25, -0.2) is 4.98 Å². The molecule has 0 atom stereocenters. The largest absolute Gasteiger partial charge is 0.351 e. The lowest BCUT2D eigenvalue weighted by molar-refractivity contribution is 0.764. The second-order valence-electron chi connectivity index (χ2n) is 6.22. The van der Waals surface area contributed by atoms with Gasteiger partial charge < -0.3 is 10.6 Å². The van der Waals surface area contributed by atoms with Gasteiger partial charge in [0.25, 0.3) is 0 Å². The third-order valence-corrected chi connectivity index (χ3v) is 5.56. The highest BCUT2D eigenvalue weighted by atomic mass is 32.1. The number of aliphatic imine (C=N–C) groups is 1. The van der Waals surface area contributed by atoms with Crippen molar-refractivity contribution in [3.63, 3.8) is 0 Å². The highest BCUT2D eigenvalue weighted by Crippen LogP contribution is 2.27. The van der Waals surface area contributed by atoms with Crippen molar-refractivity contribution in [1.82, 2.24) is 30.2 Å². The fraction of sp³-hybridized carbons (Fsp3) is 0.200. The number of hydrogen-bond donors (Lipinski definition) is 2. The van der Waals surface area contributed by atoms with Gasteiger partial charge in [-0.05, 0) is 19.1 Å². The van der Waals surface area contributed by atoms with E-state index in [-0.39, 0.29) is 0 Å². The second kappa shape index (κ2) is 8.18. The summed E-state index contributed by atoms with van der Waals surface area (Å²) >= 11 is 1.70. The summed E-state index contributed by atoms with van der Waals surface area (Å²) in [7, 11) is 1.76. The van der Waals surface area contributed by atoms with Crippen molar-refractivity contribution in [3.05, 3.63) is 71.1 Å². The number of benzene rings is 1. The minimum Gasteiger partial charge on any atom is -0.351 e. The summed E-state index contributed by atoms with van der Waals surface area (Å²) in [4.78, 5) is 10.2. The van der Waals surface area contributed by atoms with E-state index in [0.29, 0.717) is 19.0 Å². The molecule has 0 radical (unpaired) electrons. The van der Waals surface area contributed by atoms with Crippen LogP contribution in [0.25, 0.3) is 16.2 Å². The fourth-order valence-electron chi connectivity index (χ4n) is 2.86. The molecule has 0 amide bonds. The number of aromatic nitrogens is 4. The van der Waals surface area contributed by atoms with E-state index < -0.39 is 0 Å². The average Bonchev–Trinajstić information content (AvgIpc) is 3.32. The molecule has 4 rings (SSSR count). The van der Waals surface area contributed by atoms with Crippen LogP contribution in [0.3, 0.4) is 0 Å². The zero-order valence-electron chi connectivity index (χ0n) is 15.8. The van der Waals surface area contributed by atoms with Crippen molar-refractivity contribution >= 4 is 22.9 Å². The molecule has 28 heavy (non-hydrogen) atoms. The Hall–Kier alpha value is -3.26. The van der Waals surface area contributed by atoms with Crippen LogP contribution in [0.1, 0.15) is 16.4 Å². The van der Waals surface area contributed by atoms with Gasteiger partial charge in [-0.15, -0.1) is 21.5 Å². The van der Waals surface area contributed by atoms with Gasteiger partial charge in [0.05, 0.1) is 18.8 Å². The van der Waals surface area contributed by atoms with E-state index >= 15 is 0 Å². The Morgan fingerprint density at radius 2 is 1.82 bits per heavy atom. The Morgan fingerprint density at radius 3 is 2.64 bits per heavy atom. The molecule has 0 saturated carbocycles. The molecular formula is C20H21N7S. The lowest BCUT2D eigenvalue weighted by Gasteiger charge is -2.10. The number of thiazole rings is 1. The molecular weight excluding hydrogens is 370 g/mol. The SMILES string of the molecule is CN=C(NCc1sc(-c2ccccc2)nc1C)NCc1nnc2ccccn12. The minimum atomic E-state index is 0.530. The number of nitrogens with zero attached hydrogens (tertiary/aromatic N) is 5. The predicted octanol–water partition coefficient (Wildman–Crippen LogP) is 3.03. The molecule has 0 saturated heterocycles. The molecule has 0 fully saturated rings. The third kappa shape index (κ3) is 3.86. The first-order valence-corrected chi connectivity index (χ1v) is 9.81. The molecule has 7 nitrogen and oxygen atoms in total. The molecule has 1 aromatic carbocycles. The van der Waals surface area contributed by atoms with Gasteiger partial charge >= 0.3 is 0 Å². The number of rotatable bonds is 5. The summed E-state index contributed by atoms with van der Waals surface area (Å²) in [6.07, 6.45) is 1.95. The first kappa shape index (κ1) is 18.1. The monoisotopic (exact) mass is 391 g/mol. The normalized spacial score (nSPS) is 11.7. The molecule has 142 valence electrons. The maximum Gasteiger partial charge on any atom is 0.191 e. The summed E-state index contributed by atoms with van der Waals surface area (Å²) in [6.45, 7) is 3.23. The van der Waals surface area contributed by atoms with E-state index in [2.05, 4.69) is 38.0 Å². The summed E-state index contributed by atoms with van der Waals surface area (Å²) in [5.41, 5.74) is 3.01. The molecule has 0 bridgehead atoms. The molecule has 3 heterocycles. The zero-order chi connectivity index (χ0) is 19.3. The molecule has 8 heteroatoms. The van der Waals surface area contributed by atoms with Crippen LogP contribution in [0.15, 0.2) is 59.7 Å². The molecule has 2 N–H and O–H groups in total. The van der Waals surface area contributed by atoms with E-state index in [0.717, 1.165) is 27.7 Å². The lowest BCUT2D eigenvalue weighted by Crippen LogP contribution is -2.36. The Kier molecular flexibility index (Phi) is 5.29.